The van der Waals surface area contributed by atoms with E-state index in [4.69, 9.17) is 0 Å². The maximum Gasteiger partial charge on any atom is 0.0547 e. The van der Waals surface area contributed by atoms with Crippen molar-refractivity contribution in [3.05, 3.63) is 163 Å². The Morgan fingerprint density at radius 3 is 2.02 bits per heavy atom. The first kappa shape index (κ1) is 30.8. The number of nitrogens with zero attached hydrogens (tertiary/aromatic N) is 1. The third kappa shape index (κ3) is 4.22. The summed E-state index contributed by atoms with van der Waals surface area (Å²) in [6, 6.07) is 52.3. The molecule has 1 aliphatic rings. The van der Waals surface area contributed by atoms with E-state index in [-0.39, 0.29) is 0 Å². The second kappa shape index (κ2) is 11.8. The third-order valence-electron chi connectivity index (χ3n) is 11.1. The van der Waals surface area contributed by atoms with E-state index in [9.17, 15) is 0 Å². The van der Waals surface area contributed by atoms with Crippen molar-refractivity contribution < 1.29 is 0 Å². The normalized spacial score (nSPS) is 12.8. The van der Waals surface area contributed by atoms with E-state index in [2.05, 4.69) is 170 Å². The minimum Gasteiger partial charge on any atom is -0.309 e. The van der Waals surface area contributed by atoms with Gasteiger partial charge in [-0.1, -0.05) is 129 Å². The predicted octanol–water partition coefficient (Wildman–Crippen LogP) is 15.1. The van der Waals surface area contributed by atoms with Gasteiger partial charge in [-0.2, -0.15) is 0 Å². The Balaban J connectivity index is 0.00000166. The smallest absolute Gasteiger partial charge is 0.0547 e. The van der Waals surface area contributed by atoms with E-state index < -0.39 is 0 Å². The quantitative estimate of drug-likeness (QED) is 0.163. The van der Waals surface area contributed by atoms with Crippen LogP contribution < -0.4 is 0 Å². The summed E-state index contributed by atoms with van der Waals surface area (Å²) < 4.78 is 5.15. The van der Waals surface area contributed by atoms with Crippen molar-refractivity contribution in [1.82, 2.24) is 4.57 Å². The van der Waals surface area contributed by atoms with Gasteiger partial charge in [0.05, 0.1) is 11.0 Å². The molecule has 0 spiro atoms. The zero-order valence-electron chi connectivity index (χ0n) is 29.8. The van der Waals surface area contributed by atoms with E-state index in [0.29, 0.717) is 0 Å². The number of thiophene rings is 1. The highest BCUT2D eigenvalue weighted by Crippen LogP contribution is 2.47. The Bertz CT molecular complexity index is 3160. The minimum atomic E-state index is 1.17. The summed E-state index contributed by atoms with van der Waals surface area (Å²) >= 11 is 1.89. The van der Waals surface area contributed by atoms with E-state index in [0.717, 1.165) is 0 Å². The van der Waals surface area contributed by atoms with Gasteiger partial charge in [-0.3, -0.25) is 0 Å². The molecule has 0 unspecified atom stereocenters. The molecule has 2 heteroatoms. The van der Waals surface area contributed by atoms with E-state index in [1.165, 1.54) is 113 Å². The first-order valence-corrected chi connectivity index (χ1v) is 19.2. The van der Waals surface area contributed by atoms with Gasteiger partial charge in [-0.05, 0) is 116 Å². The van der Waals surface area contributed by atoms with Crippen LogP contribution in [0, 0.1) is 0 Å². The number of rotatable bonds is 3. The Morgan fingerprint density at radius 1 is 0.481 bits per heavy atom. The molecule has 0 amide bonds. The summed E-state index contributed by atoms with van der Waals surface area (Å²) in [6.07, 6.45) is 4.40. The fourth-order valence-corrected chi connectivity index (χ4v) is 10.0. The van der Waals surface area contributed by atoms with Crippen molar-refractivity contribution in [3.8, 4) is 16.8 Å². The van der Waals surface area contributed by atoms with Crippen LogP contribution in [0.5, 0.6) is 0 Å². The second-order valence-corrected chi connectivity index (χ2v) is 14.7. The average molecular weight is 684 g/mol. The molecular formula is C50H37NS. The van der Waals surface area contributed by atoms with Crippen LogP contribution >= 0.6 is 11.3 Å². The summed E-state index contributed by atoms with van der Waals surface area (Å²) in [7, 11) is 0. The molecule has 0 fully saturated rings. The number of para-hydroxylation sites is 1. The van der Waals surface area contributed by atoms with Crippen LogP contribution in [-0.2, 0) is 0 Å². The lowest BCUT2D eigenvalue weighted by Gasteiger charge is -2.13. The lowest BCUT2D eigenvalue weighted by molar-refractivity contribution is 1.18. The molecule has 248 valence electrons. The lowest BCUT2D eigenvalue weighted by atomic mass is 9.93. The Morgan fingerprint density at radius 2 is 1.17 bits per heavy atom. The standard InChI is InChI=1S/C48H31NS.C2H6/c1-3-10-31-28(2)32-19-20-33(37-16-9-15-36(31)46(32)37)29-11-8-12-30(27-29)49-42-17-6-4-13-40(42)47-38-21-22-39-35(34(38)23-25-43(47)49)24-26-45-48(39)41-14-5-7-18-44(41)50-45;1-2/h3-27H,1-2H3;1-2H3/b10-3-;. The molecule has 0 saturated carbocycles. The molecule has 52 heavy (non-hydrogen) atoms. The van der Waals surface area contributed by atoms with E-state index in [1.807, 2.05) is 25.2 Å². The van der Waals surface area contributed by atoms with Crippen LogP contribution in [0.1, 0.15) is 38.8 Å². The van der Waals surface area contributed by atoms with Crippen LogP contribution in [0.2, 0.25) is 0 Å². The Hall–Kier alpha value is -5.96. The number of aromatic nitrogens is 1. The van der Waals surface area contributed by atoms with Crippen molar-refractivity contribution in [2.24, 2.45) is 0 Å². The minimum absolute atomic E-state index is 1.17. The Labute approximate surface area is 307 Å². The van der Waals surface area contributed by atoms with Gasteiger partial charge in [-0.15, -0.1) is 11.3 Å². The number of hydrogen-bond acceptors (Lipinski definition) is 1. The zero-order valence-corrected chi connectivity index (χ0v) is 30.6. The summed E-state index contributed by atoms with van der Waals surface area (Å²) in [5.41, 5.74) is 11.5. The molecule has 0 saturated heterocycles. The molecule has 0 N–H and O–H groups in total. The number of hydrogen-bond donors (Lipinski definition) is 0. The highest BCUT2D eigenvalue weighted by atomic mass is 32.1. The zero-order chi connectivity index (χ0) is 35.1. The average Bonchev–Trinajstić information content (AvgIpc) is 3.84. The van der Waals surface area contributed by atoms with Gasteiger partial charge >= 0.3 is 0 Å². The first-order valence-electron chi connectivity index (χ1n) is 18.4. The van der Waals surface area contributed by atoms with Gasteiger partial charge in [0, 0.05) is 36.6 Å². The van der Waals surface area contributed by atoms with Gasteiger partial charge < -0.3 is 4.57 Å². The van der Waals surface area contributed by atoms with Gasteiger partial charge in [0.1, 0.15) is 0 Å². The van der Waals surface area contributed by atoms with Crippen molar-refractivity contribution in [1.29, 1.82) is 0 Å². The summed E-state index contributed by atoms with van der Waals surface area (Å²) in [5.74, 6) is 0. The molecule has 0 radical (unpaired) electrons. The number of allylic oxidation sites excluding steroid dienone is 4. The van der Waals surface area contributed by atoms with Crippen molar-refractivity contribution in [2.45, 2.75) is 27.7 Å². The molecule has 10 aromatic rings. The van der Waals surface area contributed by atoms with E-state index in [1.54, 1.807) is 0 Å². The van der Waals surface area contributed by atoms with Crippen LogP contribution in [0.15, 0.2) is 152 Å². The highest BCUT2D eigenvalue weighted by molar-refractivity contribution is 7.26. The molecule has 11 rings (SSSR count). The Kier molecular flexibility index (Phi) is 7.00. The van der Waals surface area contributed by atoms with Gasteiger partial charge in [0.25, 0.3) is 0 Å². The SMILES string of the molecule is C/C=C\C1=C(C)c2ccc(-c3cccc(-n4c5ccccc5c5c6ccc7c(ccc8sc9ccccc9c87)c6ccc54)c3)c3cccc1c23.CC. The van der Waals surface area contributed by atoms with Crippen LogP contribution in [0.4, 0.5) is 0 Å². The number of fused-ring (bicyclic) bond motifs is 11. The van der Waals surface area contributed by atoms with E-state index >= 15 is 0 Å². The van der Waals surface area contributed by atoms with Crippen LogP contribution in [0.3, 0.4) is 0 Å². The molecule has 2 aromatic heterocycles. The molecule has 0 bridgehead atoms. The largest absolute Gasteiger partial charge is 0.309 e. The second-order valence-electron chi connectivity index (χ2n) is 13.6. The van der Waals surface area contributed by atoms with Crippen LogP contribution in [0.25, 0.3) is 102 Å². The summed E-state index contributed by atoms with van der Waals surface area (Å²) in [6.45, 7) is 8.35. The predicted molar refractivity (Wildman–Crippen MR) is 230 cm³/mol. The number of benzene rings is 8. The molecule has 1 nitrogen and oxygen atoms in total. The maximum absolute atomic E-state index is 2.46. The molecule has 0 aliphatic heterocycles. The summed E-state index contributed by atoms with van der Waals surface area (Å²) in [4.78, 5) is 0. The highest BCUT2D eigenvalue weighted by Gasteiger charge is 2.22. The first-order chi connectivity index (χ1) is 25.7. The van der Waals surface area contributed by atoms with Gasteiger partial charge in [0.2, 0.25) is 0 Å². The van der Waals surface area contributed by atoms with Crippen molar-refractivity contribution in [3.63, 3.8) is 0 Å². The monoisotopic (exact) mass is 683 g/mol. The maximum atomic E-state index is 2.46. The third-order valence-corrected chi connectivity index (χ3v) is 12.2. The molecule has 1 aliphatic carbocycles. The fourth-order valence-electron chi connectivity index (χ4n) is 8.93. The molecule has 0 atom stereocenters. The molecule has 2 heterocycles. The van der Waals surface area contributed by atoms with Crippen molar-refractivity contribution in [2.75, 3.05) is 0 Å². The molecule has 8 aromatic carbocycles. The fraction of sp³-hybridized carbons (Fsp3) is 0.0800. The lowest BCUT2D eigenvalue weighted by Crippen LogP contribution is -1.95. The molecular weight excluding hydrogens is 647 g/mol. The van der Waals surface area contributed by atoms with Crippen molar-refractivity contribution >= 4 is 96.8 Å². The summed E-state index contributed by atoms with van der Waals surface area (Å²) in [5, 5.41) is 13.2. The van der Waals surface area contributed by atoms with Gasteiger partial charge in [0.15, 0.2) is 0 Å². The topological polar surface area (TPSA) is 4.93 Å². The van der Waals surface area contributed by atoms with Gasteiger partial charge in [-0.25, -0.2) is 0 Å². The van der Waals surface area contributed by atoms with Crippen LogP contribution in [-0.4, -0.2) is 4.57 Å².